The van der Waals surface area contributed by atoms with Gasteiger partial charge in [0.15, 0.2) is 5.78 Å². The van der Waals surface area contributed by atoms with E-state index in [9.17, 15) is 9.59 Å². The molecule has 4 heteroatoms. The van der Waals surface area contributed by atoms with Gasteiger partial charge in [0.1, 0.15) is 5.69 Å². The summed E-state index contributed by atoms with van der Waals surface area (Å²) in [5.41, 5.74) is -0.556. The maximum absolute atomic E-state index is 11.1. The summed E-state index contributed by atoms with van der Waals surface area (Å²) in [6, 6.07) is 4.04. The number of rotatable bonds is 2. The molecule has 0 amide bonds. The number of hydrogen-bond donors (Lipinski definition) is 1. The Kier molecular flexibility index (Phi) is 2.28. The van der Waals surface area contributed by atoms with Gasteiger partial charge in [-0.3, -0.25) is 9.59 Å². The van der Waals surface area contributed by atoms with E-state index in [1.165, 1.54) is 18.2 Å². The maximum atomic E-state index is 11.1. The summed E-state index contributed by atoms with van der Waals surface area (Å²) in [5.74, 6) is -0.254. The smallest absolute Gasteiger partial charge is 0.283 e. The number of aromatic nitrogens is 1. The number of nitrogens with zero attached hydrogens (tertiary/aromatic N) is 1. The monoisotopic (exact) mass is 167 g/mol. The van der Waals surface area contributed by atoms with Crippen LogP contribution in [-0.2, 0) is 0 Å². The van der Waals surface area contributed by atoms with E-state index in [-0.39, 0.29) is 17.9 Å². The molecule has 64 valence electrons. The first kappa shape index (κ1) is 8.52. The molecule has 0 aromatic carbocycles. The summed E-state index contributed by atoms with van der Waals surface area (Å²) in [6.45, 7) is 1.67. The number of pyridine rings is 1. The van der Waals surface area contributed by atoms with Crippen molar-refractivity contribution in [2.75, 3.05) is 0 Å². The van der Waals surface area contributed by atoms with E-state index in [2.05, 4.69) is 0 Å². The summed E-state index contributed by atoms with van der Waals surface area (Å²) in [7, 11) is 0. The first-order chi connectivity index (χ1) is 5.66. The van der Waals surface area contributed by atoms with Gasteiger partial charge < -0.3 is 5.21 Å². The summed E-state index contributed by atoms with van der Waals surface area (Å²) in [6.07, 6.45) is 0.268. The van der Waals surface area contributed by atoms with Crippen molar-refractivity contribution >= 4 is 5.78 Å². The van der Waals surface area contributed by atoms with Gasteiger partial charge in [-0.05, 0) is 6.07 Å². The van der Waals surface area contributed by atoms with Crippen LogP contribution in [0, 0.1) is 0 Å². The molecule has 1 rings (SSSR count). The second-order valence-electron chi connectivity index (χ2n) is 2.34. The normalized spacial score (nSPS) is 9.75. The molecule has 12 heavy (non-hydrogen) atoms. The molecule has 0 atom stereocenters. The van der Waals surface area contributed by atoms with Crippen LogP contribution in [0.5, 0.6) is 0 Å². The molecular formula is C8H9NO3. The van der Waals surface area contributed by atoms with Gasteiger partial charge in [0, 0.05) is 12.5 Å². The van der Waals surface area contributed by atoms with E-state index in [0.717, 1.165) is 0 Å². The van der Waals surface area contributed by atoms with Crippen LogP contribution in [-0.4, -0.2) is 15.7 Å². The van der Waals surface area contributed by atoms with E-state index in [1.807, 2.05) is 0 Å². The number of Topliss-reactive ketones (excluding diaryl/α,β-unsaturated/α-hetero) is 1. The van der Waals surface area contributed by atoms with Crippen LogP contribution in [0.25, 0.3) is 0 Å². The highest BCUT2D eigenvalue weighted by Gasteiger charge is 2.08. The molecule has 0 fully saturated rings. The van der Waals surface area contributed by atoms with Crippen molar-refractivity contribution in [2.45, 2.75) is 13.3 Å². The van der Waals surface area contributed by atoms with Crippen LogP contribution in [0.15, 0.2) is 23.0 Å². The van der Waals surface area contributed by atoms with Gasteiger partial charge in [-0.15, -0.1) is 4.73 Å². The average Bonchev–Trinajstić information content (AvgIpc) is 2.08. The summed E-state index contributed by atoms with van der Waals surface area (Å²) in [5, 5.41) is 9.08. The molecule has 0 unspecified atom stereocenters. The Morgan fingerprint density at radius 3 is 2.83 bits per heavy atom. The third-order valence-electron chi connectivity index (χ3n) is 1.54. The van der Waals surface area contributed by atoms with Gasteiger partial charge in [-0.1, -0.05) is 13.0 Å². The standard InChI is InChI=1S/C8H9NO3/c1-2-7(10)6-4-3-5-8(11)9(6)12/h3-5,12H,2H2,1H3. The van der Waals surface area contributed by atoms with Gasteiger partial charge in [0.05, 0.1) is 0 Å². The molecule has 0 bridgehead atoms. The van der Waals surface area contributed by atoms with E-state index in [0.29, 0.717) is 4.73 Å². The predicted octanol–water partition coefficient (Wildman–Crippen LogP) is 0.678. The Morgan fingerprint density at radius 2 is 2.25 bits per heavy atom. The SMILES string of the molecule is CCC(=O)c1cccc(=O)n1O. The summed E-state index contributed by atoms with van der Waals surface area (Å²) in [4.78, 5) is 21.9. The topological polar surface area (TPSA) is 59.3 Å². The lowest BCUT2D eigenvalue weighted by Crippen LogP contribution is -2.22. The van der Waals surface area contributed by atoms with Crippen LogP contribution in [0.1, 0.15) is 23.8 Å². The lowest BCUT2D eigenvalue weighted by Gasteiger charge is -2.01. The molecule has 1 aromatic heterocycles. The minimum absolute atomic E-state index is 0.0324. The molecule has 0 aliphatic rings. The number of ketones is 1. The minimum atomic E-state index is -0.589. The zero-order chi connectivity index (χ0) is 9.14. The van der Waals surface area contributed by atoms with Gasteiger partial charge in [-0.25, -0.2) is 0 Å². The third-order valence-corrected chi connectivity index (χ3v) is 1.54. The van der Waals surface area contributed by atoms with E-state index in [1.54, 1.807) is 6.92 Å². The summed E-state index contributed by atoms with van der Waals surface area (Å²) >= 11 is 0. The molecule has 0 aliphatic carbocycles. The zero-order valence-electron chi connectivity index (χ0n) is 6.65. The third kappa shape index (κ3) is 1.37. The molecule has 0 radical (unpaired) electrons. The Balaban J connectivity index is 3.26. The fourth-order valence-electron chi connectivity index (χ4n) is 0.874. The van der Waals surface area contributed by atoms with Gasteiger partial charge in [0.25, 0.3) is 5.56 Å². The molecule has 1 heterocycles. The second-order valence-corrected chi connectivity index (χ2v) is 2.34. The average molecular weight is 167 g/mol. The highest BCUT2D eigenvalue weighted by molar-refractivity contribution is 5.94. The first-order valence-corrected chi connectivity index (χ1v) is 3.61. The van der Waals surface area contributed by atoms with Crippen LogP contribution in [0.4, 0.5) is 0 Å². The lowest BCUT2D eigenvalue weighted by molar-refractivity contribution is 0.0926. The van der Waals surface area contributed by atoms with Gasteiger partial charge in [0.2, 0.25) is 0 Å². The molecule has 0 spiro atoms. The second kappa shape index (κ2) is 3.21. The van der Waals surface area contributed by atoms with Crippen molar-refractivity contribution in [3.63, 3.8) is 0 Å². The maximum Gasteiger partial charge on any atom is 0.283 e. The van der Waals surface area contributed by atoms with E-state index < -0.39 is 5.56 Å². The van der Waals surface area contributed by atoms with Crippen LogP contribution in [0.2, 0.25) is 0 Å². The Morgan fingerprint density at radius 1 is 1.58 bits per heavy atom. The minimum Gasteiger partial charge on any atom is -0.425 e. The van der Waals surface area contributed by atoms with Crippen molar-refractivity contribution in [1.29, 1.82) is 0 Å². The number of hydrogen-bond acceptors (Lipinski definition) is 3. The molecule has 1 N–H and O–H groups in total. The fraction of sp³-hybridized carbons (Fsp3) is 0.250. The van der Waals surface area contributed by atoms with Crippen molar-refractivity contribution < 1.29 is 10.0 Å². The molecule has 0 saturated carbocycles. The van der Waals surface area contributed by atoms with Crippen LogP contribution in [0.3, 0.4) is 0 Å². The molecular weight excluding hydrogens is 158 g/mol. The quantitative estimate of drug-likeness (QED) is 0.520. The lowest BCUT2D eigenvalue weighted by atomic mass is 10.2. The van der Waals surface area contributed by atoms with Crippen molar-refractivity contribution in [3.05, 3.63) is 34.2 Å². The highest BCUT2D eigenvalue weighted by atomic mass is 16.5. The fourth-order valence-corrected chi connectivity index (χ4v) is 0.874. The van der Waals surface area contributed by atoms with E-state index in [4.69, 9.17) is 5.21 Å². The first-order valence-electron chi connectivity index (χ1n) is 3.61. The zero-order valence-corrected chi connectivity index (χ0v) is 6.65. The largest absolute Gasteiger partial charge is 0.425 e. The Bertz CT molecular complexity index is 354. The highest BCUT2D eigenvalue weighted by Crippen LogP contribution is 1.98. The molecule has 4 nitrogen and oxygen atoms in total. The van der Waals surface area contributed by atoms with E-state index >= 15 is 0 Å². The van der Waals surface area contributed by atoms with Gasteiger partial charge in [-0.2, -0.15) is 0 Å². The summed E-state index contributed by atoms with van der Waals surface area (Å²) < 4.78 is 0.367. The van der Waals surface area contributed by atoms with Crippen molar-refractivity contribution in [1.82, 2.24) is 4.73 Å². The molecule has 0 aliphatic heterocycles. The number of carbonyl (C=O) groups is 1. The molecule has 0 saturated heterocycles. The van der Waals surface area contributed by atoms with Gasteiger partial charge >= 0.3 is 0 Å². The number of carbonyl (C=O) groups excluding carboxylic acids is 1. The Hall–Kier alpha value is -1.58. The Labute approximate surface area is 69.0 Å². The van der Waals surface area contributed by atoms with Crippen molar-refractivity contribution in [2.24, 2.45) is 0 Å². The van der Waals surface area contributed by atoms with Crippen LogP contribution >= 0.6 is 0 Å². The van der Waals surface area contributed by atoms with Crippen molar-refractivity contribution in [3.8, 4) is 0 Å². The predicted molar refractivity (Wildman–Crippen MR) is 42.5 cm³/mol. The molecule has 1 aromatic rings. The van der Waals surface area contributed by atoms with Crippen LogP contribution < -0.4 is 5.56 Å².